The largest absolute Gasteiger partial charge is 0.478 e. The second-order valence-corrected chi connectivity index (χ2v) is 1.39. The molecule has 0 saturated heterocycles. The van der Waals surface area contributed by atoms with Gasteiger partial charge in [0.05, 0.1) is 0 Å². The average Bonchev–Trinajstić information content (AvgIpc) is 1.79. The van der Waals surface area contributed by atoms with Crippen LogP contribution in [0.25, 0.3) is 0 Å². The van der Waals surface area contributed by atoms with Gasteiger partial charge in [0.15, 0.2) is 0 Å². The summed E-state index contributed by atoms with van der Waals surface area (Å²) in [5.74, 6) is -2.20. The molecule has 11 heavy (non-hydrogen) atoms. The van der Waals surface area contributed by atoms with E-state index in [1.54, 1.807) is 0 Å². The van der Waals surface area contributed by atoms with Gasteiger partial charge in [-0.05, 0) is 0 Å². The summed E-state index contributed by atoms with van der Waals surface area (Å²) in [7, 11) is 0. The Hall–Kier alpha value is -1.06. The first-order valence-corrected chi connectivity index (χ1v) is 2.43. The molecule has 0 aromatic rings. The number of carboxylic acids is 2. The molecule has 4 nitrogen and oxygen atoms in total. The van der Waals surface area contributed by atoms with Crippen molar-refractivity contribution in [3.8, 4) is 0 Å². The predicted molar refractivity (Wildman–Crippen MR) is 33.6 cm³/mol. The maximum absolute atomic E-state index is 9.78. The summed E-state index contributed by atoms with van der Waals surface area (Å²) >= 11 is 0. The topological polar surface area (TPSA) is 74.6 Å². The number of carboxylic acid groups (broad SMARTS) is 2. The summed E-state index contributed by atoms with van der Waals surface area (Å²) in [6, 6.07) is 0. The molecule has 0 aromatic heterocycles. The fourth-order valence-corrected chi connectivity index (χ4v) is 0.276. The molecule has 0 amide bonds. The SMILES string of the molecule is O=C(O)C=CC=CC(=O)O.[Fe]. The first-order valence-electron chi connectivity index (χ1n) is 2.43. The molecule has 0 spiro atoms. The molecular weight excluding hydrogens is 192 g/mol. The van der Waals surface area contributed by atoms with E-state index in [9.17, 15) is 9.59 Å². The number of hydrogen-bond acceptors (Lipinski definition) is 2. The Morgan fingerprint density at radius 1 is 0.909 bits per heavy atom. The van der Waals surface area contributed by atoms with Crippen molar-refractivity contribution in [3.05, 3.63) is 24.3 Å². The van der Waals surface area contributed by atoms with Crippen LogP contribution >= 0.6 is 0 Å². The average molecular weight is 198 g/mol. The van der Waals surface area contributed by atoms with Crippen LogP contribution in [0.2, 0.25) is 0 Å². The third-order valence-corrected chi connectivity index (χ3v) is 0.589. The van der Waals surface area contributed by atoms with Crippen molar-refractivity contribution < 1.29 is 36.9 Å². The van der Waals surface area contributed by atoms with Crippen LogP contribution in [-0.2, 0) is 26.7 Å². The van der Waals surface area contributed by atoms with Crippen LogP contribution in [0.4, 0.5) is 0 Å². The van der Waals surface area contributed by atoms with E-state index in [1.165, 1.54) is 0 Å². The summed E-state index contributed by atoms with van der Waals surface area (Å²) in [6.45, 7) is 0. The normalized spacial score (nSPS) is 9.82. The first-order chi connectivity index (χ1) is 4.63. The Morgan fingerprint density at radius 3 is 1.36 bits per heavy atom. The van der Waals surface area contributed by atoms with E-state index in [0.29, 0.717) is 0 Å². The van der Waals surface area contributed by atoms with Gasteiger partial charge in [-0.1, -0.05) is 12.2 Å². The minimum atomic E-state index is -1.10. The molecular formula is C6H6FeO4. The summed E-state index contributed by atoms with van der Waals surface area (Å²) in [6.07, 6.45) is 3.96. The van der Waals surface area contributed by atoms with Gasteiger partial charge in [0.1, 0.15) is 0 Å². The second kappa shape index (κ2) is 7.05. The Bertz CT molecular complexity index is 173. The van der Waals surface area contributed by atoms with Crippen LogP contribution in [-0.4, -0.2) is 22.2 Å². The van der Waals surface area contributed by atoms with Gasteiger partial charge in [0.25, 0.3) is 0 Å². The van der Waals surface area contributed by atoms with E-state index in [2.05, 4.69) is 0 Å². The second-order valence-electron chi connectivity index (χ2n) is 1.39. The van der Waals surface area contributed by atoms with E-state index in [4.69, 9.17) is 10.2 Å². The van der Waals surface area contributed by atoms with E-state index < -0.39 is 11.9 Å². The molecule has 2 N–H and O–H groups in total. The van der Waals surface area contributed by atoms with Crippen LogP contribution in [0.3, 0.4) is 0 Å². The minimum absolute atomic E-state index is 0. The molecule has 62 valence electrons. The number of carbonyl (C=O) groups is 2. The zero-order valence-electron chi connectivity index (χ0n) is 5.37. The van der Waals surface area contributed by atoms with E-state index in [0.717, 1.165) is 24.3 Å². The van der Waals surface area contributed by atoms with Gasteiger partial charge in [-0.2, -0.15) is 0 Å². The number of rotatable bonds is 3. The molecule has 0 aliphatic carbocycles. The van der Waals surface area contributed by atoms with Gasteiger partial charge in [0, 0.05) is 29.2 Å². The van der Waals surface area contributed by atoms with Crippen molar-refractivity contribution >= 4 is 11.9 Å². The smallest absolute Gasteiger partial charge is 0.328 e. The van der Waals surface area contributed by atoms with Gasteiger partial charge < -0.3 is 10.2 Å². The number of hydrogen-bond donors (Lipinski definition) is 2. The molecule has 0 rings (SSSR count). The van der Waals surface area contributed by atoms with Gasteiger partial charge in [-0.15, -0.1) is 0 Å². The van der Waals surface area contributed by atoms with Crippen molar-refractivity contribution in [2.24, 2.45) is 0 Å². The quantitative estimate of drug-likeness (QED) is 0.387. The Kier molecular flexibility index (Phi) is 8.08. The Morgan fingerprint density at radius 2 is 1.18 bits per heavy atom. The fourth-order valence-electron chi connectivity index (χ4n) is 0.276. The third-order valence-electron chi connectivity index (χ3n) is 0.589. The van der Waals surface area contributed by atoms with Crippen molar-refractivity contribution in [1.82, 2.24) is 0 Å². The molecule has 0 heterocycles. The van der Waals surface area contributed by atoms with Crippen molar-refractivity contribution in [3.63, 3.8) is 0 Å². The van der Waals surface area contributed by atoms with E-state index in [-0.39, 0.29) is 17.1 Å². The molecule has 0 aliphatic heterocycles. The summed E-state index contributed by atoms with van der Waals surface area (Å²) in [5.41, 5.74) is 0. The van der Waals surface area contributed by atoms with Gasteiger partial charge in [-0.3, -0.25) is 0 Å². The summed E-state index contributed by atoms with van der Waals surface area (Å²) < 4.78 is 0. The number of allylic oxidation sites excluding steroid dienone is 2. The standard InChI is InChI=1S/C6H6O4.Fe/c7-5(8)3-1-2-4-6(9)10;/h1-4H,(H,7,8)(H,9,10);. The van der Waals surface area contributed by atoms with Crippen LogP contribution in [0.15, 0.2) is 24.3 Å². The molecule has 0 saturated carbocycles. The van der Waals surface area contributed by atoms with Crippen LogP contribution in [0.5, 0.6) is 0 Å². The van der Waals surface area contributed by atoms with Gasteiger partial charge in [-0.25, -0.2) is 9.59 Å². The van der Waals surface area contributed by atoms with E-state index >= 15 is 0 Å². The summed E-state index contributed by atoms with van der Waals surface area (Å²) in [5, 5.41) is 16.0. The van der Waals surface area contributed by atoms with Gasteiger partial charge >= 0.3 is 11.9 Å². The zero-order chi connectivity index (χ0) is 7.98. The predicted octanol–water partition coefficient (Wildman–Crippen LogP) is 0.266. The number of aliphatic carboxylic acids is 2. The molecule has 0 atom stereocenters. The molecule has 0 radical (unpaired) electrons. The maximum atomic E-state index is 9.78. The van der Waals surface area contributed by atoms with Crippen molar-refractivity contribution in [2.75, 3.05) is 0 Å². The maximum Gasteiger partial charge on any atom is 0.328 e. The first kappa shape index (κ1) is 12.6. The van der Waals surface area contributed by atoms with E-state index in [1.807, 2.05) is 0 Å². The molecule has 5 heteroatoms. The fraction of sp³-hybridized carbons (Fsp3) is 0. The molecule has 0 unspecified atom stereocenters. The van der Waals surface area contributed by atoms with Crippen molar-refractivity contribution in [1.29, 1.82) is 0 Å². The third kappa shape index (κ3) is 12.2. The molecule has 0 bridgehead atoms. The Balaban J connectivity index is 0. The van der Waals surface area contributed by atoms with Crippen LogP contribution in [0.1, 0.15) is 0 Å². The van der Waals surface area contributed by atoms with Gasteiger partial charge in [0.2, 0.25) is 0 Å². The monoisotopic (exact) mass is 198 g/mol. The Labute approximate surface area is 73.7 Å². The van der Waals surface area contributed by atoms with Crippen LogP contribution in [0, 0.1) is 0 Å². The molecule has 0 fully saturated rings. The zero-order valence-corrected chi connectivity index (χ0v) is 6.48. The molecule has 0 aliphatic rings. The molecule has 0 aromatic carbocycles. The van der Waals surface area contributed by atoms with Crippen molar-refractivity contribution in [2.45, 2.75) is 0 Å². The van der Waals surface area contributed by atoms with Crippen LogP contribution < -0.4 is 0 Å². The summed E-state index contributed by atoms with van der Waals surface area (Å²) in [4.78, 5) is 19.6. The minimum Gasteiger partial charge on any atom is -0.478 e.